The van der Waals surface area contributed by atoms with Gasteiger partial charge in [0.2, 0.25) is 0 Å². The lowest BCUT2D eigenvalue weighted by Gasteiger charge is -2.13. The maximum atomic E-state index is 10.8. The van der Waals surface area contributed by atoms with Gasteiger partial charge >= 0.3 is 0 Å². The molecule has 0 heterocycles. The molecule has 100 valence electrons. The van der Waals surface area contributed by atoms with Crippen LogP contribution in [0.25, 0.3) is 0 Å². The highest BCUT2D eigenvalue weighted by Gasteiger charge is 2.11. The van der Waals surface area contributed by atoms with Gasteiger partial charge in [0.15, 0.2) is 0 Å². The Morgan fingerprint density at radius 2 is 2.17 bits per heavy atom. The van der Waals surface area contributed by atoms with Gasteiger partial charge in [-0.05, 0) is 26.3 Å². The van der Waals surface area contributed by atoms with Crippen LogP contribution in [-0.2, 0) is 11.2 Å². The molecule has 0 amide bonds. The van der Waals surface area contributed by atoms with E-state index >= 15 is 0 Å². The Labute approximate surface area is 107 Å². The van der Waals surface area contributed by atoms with Gasteiger partial charge in [-0.1, -0.05) is 18.2 Å². The van der Waals surface area contributed by atoms with Crippen LogP contribution in [0.15, 0.2) is 24.3 Å². The van der Waals surface area contributed by atoms with E-state index in [0.717, 1.165) is 25.1 Å². The number of para-hydroxylation sites is 1. The fourth-order valence-electron chi connectivity index (χ4n) is 1.75. The molecular formula is C13H20N2O3. The molecule has 0 fully saturated rings. The molecular weight excluding hydrogens is 232 g/mol. The summed E-state index contributed by atoms with van der Waals surface area (Å²) >= 11 is 0. The van der Waals surface area contributed by atoms with Crippen molar-refractivity contribution in [3.8, 4) is 0 Å². The van der Waals surface area contributed by atoms with E-state index in [1.54, 1.807) is 25.3 Å². The number of ether oxygens (including phenoxy) is 1. The molecule has 1 atom stereocenters. The lowest BCUT2D eigenvalue weighted by Crippen LogP contribution is -2.29. The molecule has 5 heteroatoms. The SMILES string of the molecule is COCCC(C)NCCc1ccccc1[N+](=O)[O-]. The molecule has 1 aromatic rings. The quantitative estimate of drug-likeness (QED) is 0.568. The first-order chi connectivity index (χ1) is 8.65. The molecule has 0 radical (unpaired) electrons. The van der Waals surface area contributed by atoms with Gasteiger partial charge in [0, 0.05) is 31.4 Å². The van der Waals surface area contributed by atoms with E-state index in [0.29, 0.717) is 12.5 Å². The summed E-state index contributed by atoms with van der Waals surface area (Å²) in [5.41, 5.74) is 0.970. The standard InChI is InChI=1S/C13H20N2O3/c1-11(8-10-18-2)14-9-7-12-5-3-4-6-13(12)15(16)17/h3-6,11,14H,7-10H2,1-2H3. The second kappa shape index (κ2) is 7.79. The molecule has 1 unspecified atom stereocenters. The van der Waals surface area contributed by atoms with Gasteiger partial charge in [-0.25, -0.2) is 0 Å². The van der Waals surface area contributed by atoms with Crippen molar-refractivity contribution in [2.75, 3.05) is 20.3 Å². The van der Waals surface area contributed by atoms with Crippen molar-refractivity contribution in [3.63, 3.8) is 0 Å². The molecule has 5 nitrogen and oxygen atoms in total. The number of methoxy groups -OCH3 is 1. The van der Waals surface area contributed by atoms with Crippen LogP contribution < -0.4 is 5.32 Å². The maximum Gasteiger partial charge on any atom is 0.272 e. The largest absolute Gasteiger partial charge is 0.385 e. The average Bonchev–Trinajstić information content (AvgIpc) is 2.36. The van der Waals surface area contributed by atoms with E-state index < -0.39 is 0 Å². The maximum absolute atomic E-state index is 10.8. The summed E-state index contributed by atoms with van der Waals surface area (Å²) in [6, 6.07) is 7.23. The van der Waals surface area contributed by atoms with Crippen molar-refractivity contribution >= 4 is 5.69 Å². The topological polar surface area (TPSA) is 64.4 Å². The summed E-state index contributed by atoms with van der Waals surface area (Å²) in [6.07, 6.45) is 1.60. The van der Waals surface area contributed by atoms with Gasteiger partial charge in [-0.3, -0.25) is 10.1 Å². The molecule has 1 aromatic carbocycles. The molecule has 0 aliphatic rings. The molecule has 0 saturated carbocycles. The van der Waals surface area contributed by atoms with Crippen molar-refractivity contribution in [2.24, 2.45) is 0 Å². The molecule has 0 aromatic heterocycles. The van der Waals surface area contributed by atoms with E-state index in [1.807, 2.05) is 6.07 Å². The Balaban J connectivity index is 2.41. The van der Waals surface area contributed by atoms with Crippen molar-refractivity contribution in [1.82, 2.24) is 5.32 Å². The van der Waals surface area contributed by atoms with E-state index in [2.05, 4.69) is 12.2 Å². The zero-order valence-electron chi connectivity index (χ0n) is 10.9. The van der Waals surface area contributed by atoms with Gasteiger partial charge in [-0.2, -0.15) is 0 Å². The predicted molar refractivity (Wildman–Crippen MR) is 70.8 cm³/mol. The second-order valence-corrected chi connectivity index (χ2v) is 4.27. The smallest absolute Gasteiger partial charge is 0.272 e. The zero-order valence-corrected chi connectivity index (χ0v) is 10.9. The lowest BCUT2D eigenvalue weighted by atomic mass is 10.1. The highest BCUT2D eigenvalue weighted by Crippen LogP contribution is 2.17. The summed E-state index contributed by atoms with van der Waals surface area (Å²) < 4.78 is 5.00. The van der Waals surface area contributed by atoms with Gasteiger partial charge in [0.1, 0.15) is 0 Å². The number of nitro groups is 1. The summed E-state index contributed by atoms with van der Waals surface area (Å²) in [5.74, 6) is 0. The summed E-state index contributed by atoms with van der Waals surface area (Å²) in [6.45, 7) is 3.54. The number of nitrogens with zero attached hydrogens (tertiary/aromatic N) is 1. The Bertz CT molecular complexity index is 382. The average molecular weight is 252 g/mol. The minimum Gasteiger partial charge on any atom is -0.385 e. The number of rotatable bonds is 8. The van der Waals surface area contributed by atoms with Gasteiger partial charge in [0.25, 0.3) is 5.69 Å². The molecule has 1 rings (SSSR count). The summed E-state index contributed by atoms with van der Waals surface area (Å²) in [4.78, 5) is 10.5. The third-order valence-electron chi connectivity index (χ3n) is 2.83. The zero-order chi connectivity index (χ0) is 13.4. The Morgan fingerprint density at radius 1 is 1.44 bits per heavy atom. The highest BCUT2D eigenvalue weighted by molar-refractivity contribution is 5.39. The van der Waals surface area contributed by atoms with E-state index in [9.17, 15) is 10.1 Å². The van der Waals surface area contributed by atoms with E-state index in [1.165, 1.54) is 0 Å². The third kappa shape index (κ3) is 4.81. The number of nitrogens with one attached hydrogen (secondary N) is 1. The Hall–Kier alpha value is -1.46. The van der Waals surface area contributed by atoms with Crippen LogP contribution in [0.5, 0.6) is 0 Å². The van der Waals surface area contributed by atoms with Crippen LogP contribution in [0.1, 0.15) is 18.9 Å². The van der Waals surface area contributed by atoms with Crippen LogP contribution in [0.4, 0.5) is 5.69 Å². The van der Waals surface area contributed by atoms with Crippen LogP contribution in [0, 0.1) is 10.1 Å². The summed E-state index contributed by atoms with van der Waals surface area (Å²) in [5, 5.41) is 14.2. The van der Waals surface area contributed by atoms with E-state index in [4.69, 9.17) is 4.74 Å². The fourth-order valence-corrected chi connectivity index (χ4v) is 1.75. The molecule has 0 aliphatic carbocycles. The first-order valence-electron chi connectivity index (χ1n) is 6.09. The molecule has 0 spiro atoms. The van der Waals surface area contributed by atoms with E-state index in [-0.39, 0.29) is 10.6 Å². The van der Waals surface area contributed by atoms with Crippen molar-refractivity contribution in [3.05, 3.63) is 39.9 Å². The normalized spacial score (nSPS) is 12.3. The molecule has 0 bridgehead atoms. The van der Waals surface area contributed by atoms with Crippen LogP contribution in [0.2, 0.25) is 0 Å². The van der Waals surface area contributed by atoms with Gasteiger partial charge < -0.3 is 10.1 Å². The van der Waals surface area contributed by atoms with Crippen molar-refractivity contribution in [2.45, 2.75) is 25.8 Å². The van der Waals surface area contributed by atoms with Crippen molar-refractivity contribution in [1.29, 1.82) is 0 Å². The van der Waals surface area contributed by atoms with Crippen LogP contribution in [-0.4, -0.2) is 31.2 Å². The Kier molecular flexibility index (Phi) is 6.32. The lowest BCUT2D eigenvalue weighted by molar-refractivity contribution is -0.385. The molecule has 0 saturated heterocycles. The van der Waals surface area contributed by atoms with Gasteiger partial charge in [-0.15, -0.1) is 0 Å². The second-order valence-electron chi connectivity index (χ2n) is 4.27. The number of benzene rings is 1. The first-order valence-corrected chi connectivity index (χ1v) is 6.09. The van der Waals surface area contributed by atoms with Gasteiger partial charge in [0.05, 0.1) is 4.92 Å². The molecule has 18 heavy (non-hydrogen) atoms. The number of hydrogen-bond donors (Lipinski definition) is 1. The molecule has 0 aliphatic heterocycles. The summed E-state index contributed by atoms with van der Waals surface area (Å²) in [7, 11) is 1.68. The first kappa shape index (κ1) is 14.6. The minimum absolute atomic E-state index is 0.198. The fraction of sp³-hybridized carbons (Fsp3) is 0.538. The number of hydrogen-bond acceptors (Lipinski definition) is 4. The van der Waals surface area contributed by atoms with Crippen LogP contribution >= 0.6 is 0 Å². The van der Waals surface area contributed by atoms with Crippen LogP contribution in [0.3, 0.4) is 0 Å². The minimum atomic E-state index is -0.330. The monoisotopic (exact) mass is 252 g/mol. The number of nitro benzene ring substituents is 1. The Morgan fingerprint density at radius 3 is 2.83 bits per heavy atom. The van der Waals surface area contributed by atoms with Crippen molar-refractivity contribution < 1.29 is 9.66 Å². The molecule has 1 N–H and O–H groups in total. The highest BCUT2D eigenvalue weighted by atomic mass is 16.6. The predicted octanol–water partition coefficient (Wildman–Crippen LogP) is 2.15. The third-order valence-corrected chi connectivity index (χ3v) is 2.83.